The molecule has 1 aromatic carbocycles. The van der Waals surface area contributed by atoms with Crippen LogP contribution in [-0.2, 0) is 9.59 Å². The van der Waals surface area contributed by atoms with Crippen molar-refractivity contribution in [3.8, 4) is 0 Å². The third-order valence-corrected chi connectivity index (χ3v) is 5.88. The monoisotopic (exact) mass is 361 g/mol. The van der Waals surface area contributed by atoms with Gasteiger partial charge >= 0.3 is 6.03 Å². The number of rotatable bonds is 4. The highest BCUT2D eigenvalue weighted by Crippen LogP contribution is 2.38. The summed E-state index contributed by atoms with van der Waals surface area (Å²) in [7, 11) is 0. The van der Waals surface area contributed by atoms with Gasteiger partial charge in [-0.05, 0) is 43.2 Å². The molecular weight excluding hydrogens is 338 g/mol. The molecule has 6 nitrogen and oxygen atoms in total. The predicted molar refractivity (Wildman–Crippen MR) is 97.5 cm³/mol. The van der Waals surface area contributed by atoms with Crippen LogP contribution in [0.2, 0.25) is 0 Å². The number of hydrogen-bond acceptors (Lipinski definition) is 4. The van der Waals surface area contributed by atoms with Crippen molar-refractivity contribution in [1.29, 1.82) is 0 Å². The molecule has 4 amide bonds. The number of hydrogen-bond donors (Lipinski definition) is 2. The van der Waals surface area contributed by atoms with Gasteiger partial charge in [-0.1, -0.05) is 25.8 Å². The van der Waals surface area contributed by atoms with Gasteiger partial charge in [0.1, 0.15) is 12.1 Å². The Morgan fingerprint density at radius 2 is 2.20 bits per heavy atom. The summed E-state index contributed by atoms with van der Waals surface area (Å²) < 4.78 is 0. The molecule has 0 bridgehead atoms. The fourth-order valence-corrected chi connectivity index (χ4v) is 4.14. The predicted octanol–water partition coefficient (Wildman–Crippen LogP) is 2.85. The minimum atomic E-state index is -0.825. The van der Waals surface area contributed by atoms with E-state index in [-0.39, 0.29) is 24.3 Å². The molecular formula is C18H23N3O3S. The number of benzene rings is 1. The van der Waals surface area contributed by atoms with Crippen molar-refractivity contribution in [2.45, 2.75) is 43.0 Å². The quantitative estimate of drug-likeness (QED) is 0.638. The molecule has 3 rings (SSSR count). The summed E-state index contributed by atoms with van der Waals surface area (Å²) in [6.07, 6.45) is 5.50. The van der Waals surface area contributed by atoms with Gasteiger partial charge in [-0.2, -0.15) is 0 Å². The summed E-state index contributed by atoms with van der Waals surface area (Å²) in [5.41, 5.74) is -0.168. The van der Waals surface area contributed by atoms with Gasteiger partial charge in [0.15, 0.2) is 0 Å². The van der Waals surface area contributed by atoms with Crippen LogP contribution in [0.15, 0.2) is 29.2 Å². The van der Waals surface area contributed by atoms with Gasteiger partial charge in [0, 0.05) is 10.6 Å². The SMILES string of the molecule is CSc1cccc(NC(=O)CN2C(=O)N[C@]3(CCCC[C@H]3C)C2=O)c1. The molecule has 1 heterocycles. The molecule has 1 saturated heterocycles. The molecule has 1 aliphatic carbocycles. The van der Waals surface area contributed by atoms with Gasteiger partial charge in [0.25, 0.3) is 5.91 Å². The lowest BCUT2D eigenvalue weighted by Crippen LogP contribution is -2.54. The van der Waals surface area contributed by atoms with Crippen molar-refractivity contribution < 1.29 is 14.4 Å². The first-order valence-electron chi connectivity index (χ1n) is 8.54. The van der Waals surface area contributed by atoms with Crippen LogP contribution in [0.1, 0.15) is 32.6 Å². The number of amides is 4. The first-order valence-corrected chi connectivity index (χ1v) is 9.77. The van der Waals surface area contributed by atoms with Crippen molar-refractivity contribution in [1.82, 2.24) is 10.2 Å². The van der Waals surface area contributed by atoms with Crippen LogP contribution in [0, 0.1) is 5.92 Å². The van der Waals surface area contributed by atoms with Crippen molar-refractivity contribution in [2.24, 2.45) is 5.92 Å². The van der Waals surface area contributed by atoms with Crippen molar-refractivity contribution in [3.63, 3.8) is 0 Å². The van der Waals surface area contributed by atoms with Crippen molar-refractivity contribution in [2.75, 3.05) is 18.1 Å². The first-order chi connectivity index (χ1) is 12.0. The largest absolute Gasteiger partial charge is 0.325 e. The Morgan fingerprint density at radius 3 is 2.92 bits per heavy atom. The van der Waals surface area contributed by atoms with E-state index >= 15 is 0 Å². The number of carbonyl (C=O) groups excluding carboxylic acids is 3. The number of thioether (sulfide) groups is 1. The number of carbonyl (C=O) groups is 3. The Hall–Kier alpha value is -2.02. The summed E-state index contributed by atoms with van der Waals surface area (Å²) in [5.74, 6) is -0.552. The normalized spacial score (nSPS) is 26.0. The molecule has 0 radical (unpaired) electrons. The lowest BCUT2D eigenvalue weighted by Gasteiger charge is -2.36. The van der Waals surface area contributed by atoms with Gasteiger partial charge in [0.2, 0.25) is 5.91 Å². The van der Waals surface area contributed by atoms with Gasteiger partial charge in [-0.25, -0.2) is 4.79 Å². The Bertz CT molecular complexity index is 709. The maximum Gasteiger partial charge on any atom is 0.325 e. The summed E-state index contributed by atoms with van der Waals surface area (Å²) >= 11 is 1.58. The molecule has 0 aromatic heterocycles. The van der Waals surface area contributed by atoms with Crippen LogP contribution in [0.25, 0.3) is 0 Å². The second-order valence-corrected chi connectivity index (χ2v) is 7.60. The van der Waals surface area contributed by atoms with E-state index in [0.717, 1.165) is 29.1 Å². The highest BCUT2D eigenvalue weighted by atomic mass is 32.2. The molecule has 1 aliphatic heterocycles. The zero-order valence-electron chi connectivity index (χ0n) is 14.5. The Balaban J connectivity index is 1.68. The van der Waals surface area contributed by atoms with E-state index in [1.54, 1.807) is 17.8 Å². The highest BCUT2D eigenvalue weighted by molar-refractivity contribution is 7.98. The fraction of sp³-hybridized carbons (Fsp3) is 0.500. The van der Waals surface area contributed by atoms with E-state index in [1.165, 1.54) is 0 Å². The van der Waals surface area contributed by atoms with E-state index in [9.17, 15) is 14.4 Å². The molecule has 0 unspecified atom stereocenters. The third kappa shape index (κ3) is 3.38. The molecule has 2 fully saturated rings. The number of imide groups is 1. The average Bonchev–Trinajstić information content (AvgIpc) is 2.83. The van der Waals surface area contributed by atoms with Gasteiger partial charge in [-0.15, -0.1) is 11.8 Å². The molecule has 1 aromatic rings. The highest BCUT2D eigenvalue weighted by Gasteiger charge is 2.55. The number of urea groups is 1. The Labute approximate surface area is 151 Å². The molecule has 134 valence electrons. The number of nitrogens with zero attached hydrogens (tertiary/aromatic N) is 1. The van der Waals surface area contributed by atoms with E-state index in [1.807, 2.05) is 31.4 Å². The first kappa shape index (κ1) is 17.8. The van der Waals surface area contributed by atoms with E-state index in [2.05, 4.69) is 10.6 Å². The Kier molecular flexibility index (Phi) is 5.03. The zero-order valence-corrected chi connectivity index (χ0v) is 15.3. The second kappa shape index (κ2) is 7.07. The van der Waals surface area contributed by atoms with Gasteiger partial charge in [0.05, 0.1) is 0 Å². The molecule has 7 heteroatoms. The minimum Gasteiger partial charge on any atom is -0.324 e. The molecule has 1 saturated carbocycles. The standard InChI is InChI=1S/C18H23N3O3S/c1-12-6-3-4-9-18(12)16(23)21(17(24)20-18)11-15(22)19-13-7-5-8-14(10-13)25-2/h5,7-8,10,12H,3-4,6,9,11H2,1-2H3,(H,19,22)(H,20,24)/t12-,18+/m1/s1. The number of nitrogens with one attached hydrogen (secondary N) is 2. The lowest BCUT2D eigenvalue weighted by atomic mass is 9.73. The molecule has 2 N–H and O–H groups in total. The van der Waals surface area contributed by atoms with Crippen LogP contribution < -0.4 is 10.6 Å². The third-order valence-electron chi connectivity index (χ3n) is 5.16. The number of anilines is 1. The topological polar surface area (TPSA) is 78.5 Å². The summed E-state index contributed by atoms with van der Waals surface area (Å²) in [6.45, 7) is 1.73. The molecule has 1 spiro atoms. The molecule has 2 aliphatic rings. The lowest BCUT2D eigenvalue weighted by molar-refractivity contribution is -0.136. The van der Waals surface area contributed by atoms with E-state index in [4.69, 9.17) is 0 Å². The summed E-state index contributed by atoms with van der Waals surface area (Å²) in [6, 6.07) is 6.99. The van der Waals surface area contributed by atoms with Gasteiger partial charge in [-0.3, -0.25) is 14.5 Å². The summed E-state index contributed by atoms with van der Waals surface area (Å²) in [4.78, 5) is 39.6. The average molecular weight is 361 g/mol. The Morgan fingerprint density at radius 1 is 1.40 bits per heavy atom. The smallest absolute Gasteiger partial charge is 0.324 e. The second-order valence-electron chi connectivity index (χ2n) is 6.72. The van der Waals surface area contributed by atoms with Gasteiger partial charge < -0.3 is 10.6 Å². The van der Waals surface area contributed by atoms with Crippen molar-refractivity contribution in [3.05, 3.63) is 24.3 Å². The van der Waals surface area contributed by atoms with Crippen LogP contribution in [0.3, 0.4) is 0 Å². The van der Waals surface area contributed by atoms with Crippen molar-refractivity contribution >= 4 is 35.3 Å². The zero-order chi connectivity index (χ0) is 18.0. The van der Waals surface area contributed by atoms with Crippen LogP contribution >= 0.6 is 11.8 Å². The van der Waals surface area contributed by atoms with E-state index in [0.29, 0.717) is 12.1 Å². The minimum absolute atomic E-state index is 0.0871. The maximum absolute atomic E-state index is 12.9. The molecule has 2 atom stereocenters. The maximum atomic E-state index is 12.9. The van der Waals surface area contributed by atoms with E-state index < -0.39 is 11.6 Å². The summed E-state index contributed by atoms with van der Waals surface area (Å²) in [5, 5.41) is 5.62. The van der Waals surface area contributed by atoms with Crippen LogP contribution in [0.4, 0.5) is 10.5 Å². The van der Waals surface area contributed by atoms with Crippen LogP contribution in [-0.4, -0.2) is 41.1 Å². The molecule has 25 heavy (non-hydrogen) atoms. The fourth-order valence-electron chi connectivity index (χ4n) is 3.68. The van der Waals surface area contributed by atoms with Crippen LogP contribution in [0.5, 0.6) is 0 Å².